The Labute approximate surface area is 114 Å². The van der Waals surface area contributed by atoms with Gasteiger partial charge in [-0.25, -0.2) is 0 Å². The second-order valence-corrected chi connectivity index (χ2v) is 7.25. The van der Waals surface area contributed by atoms with E-state index < -0.39 is 0 Å². The summed E-state index contributed by atoms with van der Waals surface area (Å²) in [5.41, 5.74) is -0.373. The van der Waals surface area contributed by atoms with E-state index in [2.05, 4.69) is 34.6 Å². The van der Waals surface area contributed by atoms with Crippen LogP contribution >= 0.6 is 22.6 Å². The maximum atomic E-state index is 11.5. The molecule has 2 unspecified atom stereocenters. The van der Waals surface area contributed by atoms with Gasteiger partial charge in [-0.1, -0.05) is 20.8 Å². The lowest BCUT2D eigenvalue weighted by atomic mass is 9.83. The van der Waals surface area contributed by atoms with Gasteiger partial charge in [0.2, 0.25) is 0 Å². The summed E-state index contributed by atoms with van der Waals surface area (Å²) in [6, 6.07) is 0. The SMILES string of the molecule is CC(CC(C)(C)C(=O)I)C(C)OC(C)(C)C. The highest BCUT2D eigenvalue weighted by Gasteiger charge is 2.30. The van der Waals surface area contributed by atoms with Gasteiger partial charge in [0.05, 0.1) is 11.7 Å². The van der Waals surface area contributed by atoms with Crippen LogP contribution in [0.15, 0.2) is 0 Å². The molecule has 0 N–H and O–H groups in total. The van der Waals surface area contributed by atoms with Crippen LogP contribution in [0, 0.1) is 11.3 Å². The van der Waals surface area contributed by atoms with E-state index in [1.807, 2.05) is 36.4 Å². The van der Waals surface area contributed by atoms with Crippen LogP contribution in [-0.2, 0) is 9.53 Å². The summed E-state index contributed by atoms with van der Waals surface area (Å²) < 4.78 is 6.13. The van der Waals surface area contributed by atoms with Crippen molar-refractivity contribution >= 4 is 26.4 Å². The number of hydrogen-bond acceptors (Lipinski definition) is 2. The van der Waals surface area contributed by atoms with E-state index in [1.165, 1.54) is 0 Å². The van der Waals surface area contributed by atoms with Crippen molar-refractivity contribution in [3.63, 3.8) is 0 Å². The first kappa shape index (κ1) is 16.4. The lowest BCUT2D eigenvalue weighted by Gasteiger charge is -2.32. The summed E-state index contributed by atoms with van der Waals surface area (Å²) in [5, 5.41) is 0. The first-order valence-corrected chi connectivity index (χ1v) is 6.91. The highest BCUT2D eigenvalue weighted by atomic mass is 127. The summed E-state index contributed by atoms with van der Waals surface area (Å²) >= 11 is 1.89. The molecule has 0 amide bonds. The second kappa shape index (κ2) is 5.80. The number of carbonyl (C=O) groups is 1. The van der Waals surface area contributed by atoms with E-state index in [-0.39, 0.29) is 20.9 Å². The van der Waals surface area contributed by atoms with Gasteiger partial charge in [-0.05, 0) is 40.0 Å². The molecule has 0 spiro atoms. The predicted molar refractivity (Wildman–Crippen MR) is 76.9 cm³/mol. The number of hydrogen-bond donors (Lipinski definition) is 0. The van der Waals surface area contributed by atoms with Crippen LogP contribution in [-0.4, -0.2) is 15.5 Å². The average molecular weight is 340 g/mol. The van der Waals surface area contributed by atoms with Crippen LogP contribution in [0.4, 0.5) is 0 Å². The Hall–Kier alpha value is 0.360. The molecule has 3 heteroatoms. The molecule has 0 aromatic heterocycles. The molecule has 2 nitrogen and oxygen atoms in total. The van der Waals surface area contributed by atoms with Crippen LogP contribution in [0.3, 0.4) is 0 Å². The van der Waals surface area contributed by atoms with E-state index in [4.69, 9.17) is 4.74 Å². The van der Waals surface area contributed by atoms with Gasteiger partial charge >= 0.3 is 0 Å². The highest BCUT2D eigenvalue weighted by molar-refractivity contribution is 14.1. The van der Waals surface area contributed by atoms with Crippen LogP contribution < -0.4 is 0 Å². The first-order chi connectivity index (χ1) is 6.96. The fraction of sp³-hybridized carbons (Fsp3) is 0.923. The molecule has 16 heavy (non-hydrogen) atoms. The maximum Gasteiger partial charge on any atom is 0.197 e. The second-order valence-electron chi connectivity index (χ2n) is 6.27. The topological polar surface area (TPSA) is 26.3 Å². The summed E-state index contributed by atoms with van der Waals surface area (Å²) in [6.07, 6.45) is 1.04. The molecule has 0 radical (unpaired) electrons. The largest absolute Gasteiger partial charge is 0.373 e. The molecule has 0 bridgehead atoms. The van der Waals surface area contributed by atoms with Crippen LogP contribution in [0.25, 0.3) is 0 Å². The highest BCUT2D eigenvalue weighted by Crippen LogP contribution is 2.32. The van der Waals surface area contributed by atoms with Crippen molar-refractivity contribution in [3.8, 4) is 0 Å². The molecule has 0 aliphatic heterocycles. The molecule has 0 saturated carbocycles. The maximum absolute atomic E-state index is 11.5. The number of halogens is 1. The molecular weight excluding hydrogens is 315 g/mol. The minimum Gasteiger partial charge on any atom is -0.373 e. The molecule has 0 aromatic carbocycles. The fourth-order valence-corrected chi connectivity index (χ4v) is 1.95. The standard InChI is InChI=1S/C13H25IO2/c1-9(8-13(6,7)11(14)15)10(2)16-12(3,4)5/h9-10H,8H2,1-7H3. The minimum absolute atomic E-state index is 0.119. The smallest absolute Gasteiger partial charge is 0.197 e. The summed E-state index contributed by atoms with van der Waals surface area (Å²) in [7, 11) is 0. The van der Waals surface area contributed by atoms with Crippen molar-refractivity contribution in [3.05, 3.63) is 0 Å². The quantitative estimate of drug-likeness (QED) is 0.554. The number of carbonyl (C=O) groups excluding carboxylic acids is 1. The molecule has 96 valence electrons. The van der Waals surface area contributed by atoms with Gasteiger partial charge < -0.3 is 4.74 Å². The minimum atomic E-state index is -0.254. The monoisotopic (exact) mass is 340 g/mol. The van der Waals surface area contributed by atoms with Crippen molar-refractivity contribution in [2.24, 2.45) is 11.3 Å². The molecule has 0 aliphatic carbocycles. The fourth-order valence-electron chi connectivity index (χ4n) is 1.72. The Morgan fingerprint density at radius 3 is 1.94 bits per heavy atom. The molecule has 0 aromatic rings. The normalized spacial score (nSPS) is 17.0. The van der Waals surface area contributed by atoms with Gasteiger partial charge in [-0.15, -0.1) is 0 Å². The molecule has 2 atom stereocenters. The summed E-state index contributed by atoms with van der Waals surface area (Å²) in [4.78, 5) is 11.5. The molecule has 0 saturated heterocycles. The van der Waals surface area contributed by atoms with Gasteiger partial charge in [0.25, 0.3) is 0 Å². The predicted octanol–water partition coefficient (Wildman–Crippen LogP) is 4.20. The van der Waals surface area contributed by atoms with E-state index in [0.717, 1.165) is 6.42 Å². The third-order valence-electron chi connectivity index (χ3n) is 2.71. The molecule has 0 rings (SSSR count). The Balaban J connectivity index is 4.36. The number of ether oxygens (including phenoxy) is 1. The van der Waals surface area contributed by atoms with Gasteiger partial charge in [0, 0.05) is 28.0 Å². The van der Waals surface area contributed by atoms with E-state index in [0.29, 0.717) is 5.92 Å². The van der Waals surface area contributed by atoms with Crippen molar-refractivity contribution in [1.82, 2.24) is 0 Å². The summed E-state index contributed by atoms with van der Waals surface area (Å²) in [5.74, 6) is 0.382. The Kier molecular flexibility index (Phi) is 5.93. The van der Waals surface area contributed by atoms with E-state index in [1.54, 1.807) is 0 Å². The first-order valence-electron chi connectivity index (χ1n) is 5.83. The van der Waals surface area contributed by atoms with Gasteiger partial charge in [0.15, 0.2) is 3.79 Å². The zero-order valence-electron chi connectivity index (χ0n) is 11.6. The third kappa shape index (κ3) is 6.18. The Bertz CT molecular complexity index is 241. The Morgan fingerprint density at radius 2 is 1.62 bits per heavy atom. The van der Waals surface area contributed by atoms with Crippen LogP contribution in [0.1, 0.15) is 54.9 Å². The zero-order valence-corrected chi connectivity index (χ0v) is 13.7. The van der Waals surface area contributed by atoms with Gasteiger partial charge in [-0.3, -0.25) is 4.79 Å². The Morgan fingerprint density at radius 1 is 1.19 bits per heavy atom. The summed E-state index contributed by atoms with van der Waals surface area (Å²) in [6.45, 7) is 14.4. The number of rotatable bonds is 5. The third-order valence-corrected chi connectivity index (χ3v) is 4.17. The molecule has 0 heterocycles. The lowest BCUT2D eigenvalue weighted by Crippen LogP contribution is -2.33. The van der Waals surface area contributed by atoms with Crippen LogP contribution in [0.2, 0.25) is 0 Å². The van der Waals surface area contributed by atoms with Gasteiger partial charge in [-0.2, -0.15) is 0 Å². The van der Waals surface area contributed by atoms with Gasteiger partial charge in [0.1, 0.15) is 0 Å². The molecular formula is C13H25IO2. The molecule has 0 aliphatic rings. The van der Waals surface area contributed by atoms with Crippen molar-refractivity contribution in [2.45, 2.75) is 66.6 Å². The molecule has 0 fully saturated rings. The lowest BCUT2D eigenvalue weighted by molar-refractivity contribution is -0.119. The van der Waals surface area contributed by atoms with E-state index >= 15 is 0 Å². The zero-order chi connectivity index (χ0) is 13.1. The van der Waals surface area contributed by atoms with Crippen molar-refractivity contribution in [2.75, 3.05) is 0 Å². The van der Waals surface area contributed by atoms with Crippen molar-refractivity contribution < 1.29 is 9.53 Å². The average Bonchev–Trinajstić information content (AvgIpc) is 1.99. The van der Waals surface area contributed by atoms with E-state index in [9.17, 15) is 4.79 Å². The van der Waals surface area contributed by atoms with Crippen LogP contribution in [0.5, 0.6) is 0 Å². The van der Waals surface area contributed by atoms with Crippen molar-refractivity contribution in [1.29, 1.82) is 0 Å².